The molecular weight excluding hydrogens is 416 g/mol. The number of hydrogen-bond acceptors (Lipinski definition) is 7. The molecule has 0 N–H and O–H groups in total. The standard InChI is InChI=1S/C19H17ClN4O4S/c1-28-15-7-6-14(20)17-16(15)21-19(29-17)23-10-8-22(9-11-23)18(25)12-2-4-13(5-3-12)24(26)27/h2-7H,8-11H2,1H3. The molecule has 1 fully saturated rings. The second-order valence-corrected chi connectivity index (χ2v) is 7.89. The lowest BCUT2D eigenvalue weighted by Crippen LogP contribution is -2.48. The van der Waals surface area contributed by atoms with Crippen LogP contribution in [-0.2, 0) is 0 Å². The van der Waals surface area contributed by atoms with Gasteiger partial charge in [-0.2, -0.15) is 0 Å². The average molecular weight is 433 g/mol. The molecule has 1 aliphatic heterocycles. The summed E-state index contributed by atoms with van der Waals surface area (Å²) in [5.74, 6) is 0.549. The summed E-state index contributed by atoms with van der Waals surface area (Å²) in [6.45, 7) is 2.35. The Balaban J connectivity index is 1.46. The van der Waals surface area contributed by atoms with E-state index in [1.165, 1.54) is 35.6 Å². The SMILES string of the molecule is COc1ccc(Cl)c2sc(N3CCN(C(=O)c4ccc([N+](=O)[O-])cc4)CC3)nc12. The van der Waals surface area contributed by atoms with Crippen LogP contribution in [0.1, 0.15) is 10.4 Å². The first-order valence-electron chi connectivity index (χ1n) is 8.89. The molecule has 1 aromatic heterocycles. The Morgan fingerprint density at radius 3 is 2.48 bits per heavy atom. The number of nitro benzene ring substituents is 1. The van der Waals surface area contributed by atoms with E-state index in [1.807, 2.05) is 0 Å². The topological polar surface area (TPSA) is 88.8 Å². The van der Waals surface area contributed by atoms with E-state index in [0.29, 0.717) is 42.5 Å². The van der Waals surface area contributed by atoms with Gasteiger partial charge in [-0.3, -0.25) is 14.9 Å². The van der Waals surface area contributed by atoms with Gasteiger partial charge in [0.2, 0.25) is 0 Å². The summed E-state index contributed by atoms with van der Waals surface area (Å²) in [6, 6.07) is 9.28. The van der Waals surface area contributed by atoms with Gasteiger partial charge in [0.25, 0.3) is 11.6 Å². The molecule has 1 aliphatic rings. The second kappa shape index (κ2) is 7.84. The molecule has 1 saturated heterocycles. The largest absolute Gasteiger partial charge is 0.494 e. The number of rotatable bonds is 4. The van der Waals surface area contributed by atoms with E-state index < -0.39 is 4.92 Å². The van der Waals surface area contributed by atoms with Crippen molar-refractivity contribution >= 4 is 49.9 Å². The highest BCUT2D eigenvalue weighted by Crippen LogP contribution is 2.38. The van der Waals surface area contributed by atoms with Gasteiger partial charge in [0.15, 0.2) is 5.13 Å². The third-order valence-corrected chi connectivity index (χ3v) is 6.41. The van der Waals surface area contributed by atoms with Gasteiger partial charge >= 0.3 is 0 Å². The Morgan fingerprint density at radius 1 is 1.17 bits per heavy atom. The fourth-order valence-electron chi connectivity index (χ4n) is 3.25. The quantitative estimate of drug-likeness (QED) is 0.460. The molecule has 150 valence electrons. The number of thiazole rings is 1. The number of carbonyl (C=O) groups is 1. The fourth-order valence-corrected chi connectivity index (χ4v) is 4.56. The number of fused-ring (bicyclic) bond motifs is 1. The minimum atomic E-state index is -0.480. The molecule has 1 amide bonds. The predicted molar refractivity (Wildman–Crippen MR) is 112 cm³/mol. The number of methoxy groups -OCH3 is 1. The van der Waals surface area contributed by atoms with Gasteiger partial charge in [-0.25, -0.2) is 4.98 Å². The highest BCUT2D eigenvalue weighted by atomic mass is 35.5. The van der Waals surface area contributed by atoms with E-state index in [-0.39, 0.29) is 11.6 Å². The van der Waals surface area contributed by atoms with Crippen LogP contribution in [0.3, 0.4) is 0 Å². The zero-order valence-electron chi connectivity index (χ0n) is 15.5. The van der Waals surface area contributed by atoms with Crippen LogP contribution in [0.25, 0.3) is 10.2 Å². The number of halogens is 1. The number of benzene rings is 2. The fraction of sp³-hybridized carbons (Fsp3) is 0.263. The number of nitrogens with zero attached hydrogens (tertiary/aromatic N) is 4. The normalized spacial score (nSPS) is 14.3. The van der Waals surface area contributed by atoms with E-state index >= 15 is 0 Å². The van der Waals surface area contributed by atoms with Crippen LogP contribution in [0.5, 0.6) is 5.75 Å². The summed E-state index contributed by atoms with van der Waals surface area (Å²) in [6.07, 6.45) is 0. The molecule has 2 heterocycles. The Kier molecular flexibility index (Phi) is 5.25. The summed E-state index contributed by atoms with van der Waals surface area (Å²) < 4.78 is 6.26. The van der Waals surface area contributed by atoms with Crippen molar-refractivity contribution in [1.82, 2.24) is 9.88 Å². The summed E-state index contributed by atoms with van der Waals surface area (Å²) in [5, 5.41) is 12.2. The molecule has 3 aromatic rings. The molecule has 0 saturated carbocycles. The van der Waals surface area contributed by atoms with Crippen molar-refractivity contribution in [1.29, 1.82) is 0 Å². The number of carbonyl (C=O) groups excluding carboxylic acids is 1. The number of ether oxygens (including phenoxy) is 1. The first-order valence-corrected chi connectivity index (χ1v) is 10.1. The number of anilines is 1. The number of aromatic nitrogens is 1. The maximum Gasteiger partial charge on any atom is 0.269 e. The summed E-state index contributed by atoms with van der Waals surface area (Å²) in [4.78, 5) is 31.5. The number of nitro groups is 1. The van der Waals surface area contributed by atoms with Crippen molar-refractivity contribution in [2.24, 2.45) is 0 Å². The Labute approximate surface area is 175 Å². The van der Waals surface area contributed by atoms with Crippen molar-refractivity contribution < 1.29 is 14.5 Å². The van der Waals surface area contributed by atoms with Gasteiger partial charge in [-0.15, -0.1) is 0 Å². The van der Waals surface area contributed by atoms with E-state index in [9.17, 15) is 14.9 Å². The highest BCUT2D eigenvalue weighted by Gasteiger charge is 2.25. The predicted octanol–water partition coefficient (Wildman–Crippen LogP) is 3.83. The van der Waals surface area contributed by atoms with Crippen LogP contribution in [-0.4, -0.2) is 54.0 Å². The Morgan fingerprint density at radius 2 is 1.86 bits per heavy atom. The van der Waals surface area contributed by atoms with E-state index in [4.69, 9.17) is 16.3 Å². The van der Waals surface area contributed by atoms with Crippen LogP contribution >= 0.6 is 22.9 Å². The minimum absolute atomic E-state index is 0.0312. The molecular formula is C19H17ClN4O4S. The van der Waals surface area contributed by atoms with Gasteiger partial charge in [0.05, 0.1) is 21.8 Å². The number of hydrogen-bond donors (Lipinski definition) is 0. The third-order valence-electron chi connectivity index (χ3n) is 4.83. The van der Waals surface area contributed by atoms with E-state index in [0.717, 1.165) is 15.3 Å². The van der Waals surface area contributed by atoms with Gasteiger partial charge in [-0.05, 0) is 24.3 Å². The molecule has 0 bridgehead atoms. The molecule has 4 rings (SSSR count). The molecule has 29 heavy (non-hydrogen) atoms. The van der Waals surface area contributed by atoms with E-state index in [1.54, 1.807) is 24.1 Å². The molecule has 0 unspecified atom stereocenters. The average Bonchev–Trinajstić information content (AvgIpc) is 3.20. The first kappa shape index (κ1) is 19.4. The summed E-state index contributed by atoms with van der Waals surface area (Å²) >= 11 is 7.81. The van der Waals surface area contributed by atoms with Gasteiger partial charge in [0, 0.05) is 43.9 Å². The number of amides is 1. The van der Waals surface area contributed by atoms with Crippen LogP contribution in [0.4, 0.5) is 10.8 Å². The first-order chi connectivity index (χ1) is 14.0. The minimum Gasteiger partial charge on any atom is -0.494 e. The molecule has 2 aromatic carbocycles. The van der Waals surface area contributed by atoms with Crippen LogP contribution in [0.2, 0.25) is 5.02 Å². The highest BCUT2D eigenvalue weighted by molar-refractivity contribution is 7.22. The van der Waals surface area contributed by atoms with Crippen molar-refractivity contribution in [3.05, 3.63) is 57.1 Å². The van der Waals surface area contributed by atoms with Crippen molar-refractivity contribution in [2.75, 3.05) is 38.2 Å². The van der Waals surface area contributed by atoms with Crippen LogP contribution < -0.4 is 9.64 Å². The van der Waals surface area contributed by atoms with Crippen LogP contribution in [0.15, 0.2) is 36.4 Å². The lowest BCUT2D eigenvalue weighted by Gasteiger charge is -2.34. The monoisotopic (exact) mass is 432 g/mol. The zero-order valence-corrected chi connectivity index (χ0v) is 17.1. The lowest BCUT2D eigenvalue weighted by atomic mass is 10.1. The van der Waals surface area contributed by atoms with Crippen molar-refractivity contribution in [3.8, 4) is 5.75 Å². The van der Waals surface area contributed by atoms with Crippen LogP contribution in [0, 0.1) is 10.1 Å². The van der Waals surface area contributed by atoms with Gasteiger partial charge < -0.3 is 14.5 Å². The lowest BCUT2D eigenvalue weighted by molar-refractivity contribution is -0.384. The molecule has 0 atom stereocenters. The second-order valence-electron chi connectivity index (χ2n) is 6.51. The molecule has 10 heteroatoms. The maximum atomic E-state index is 12.7. The van der Waals surface area contributed by atoms with Gasteiger partial charge in [-0.1, -0.05) is 22.9 Å². The third kappa shape index (κ3) is 3.70. The molecule has 0 aliphatic carbocycles. The van der Waals surface area contributed by atoms with Crippen molar-refractivity contribution in [2.45, 2.75) is 0 Å². The zero-order chi connectivity index (χ0) is 20.5. The Bertz CT molecular complexity index is 1080. The number of non-ortho nitro benzene ring substituents is 1. The maximum absolute atomic E-state index is 12.7. The van der Waals surface area contributed by atoms with Crippen molar-refractivity contribution in [3.63, 3.8) is 0 Å². The smallest absolute Gasteiger partial charge is 0.269 e. The Hall–Kier alpha value is -2.91. The molecule has 0 spiro atoms. The van der Waals surface area contributed by atoms with E-state index in [2.05, 4.69) is 9.88 Å². The van der Waals surface area contributed by atoms with Gasteiger partial charge in [0.1, 0.15) is 11.3 Å². The summed E-state index contributed by atoms with van der Waals surface area (Å²) in [5.41, 5.74) is 1.15. The number of piperazine rings is 1. The summed E-state index contributed by atoms with van der Waals surface area (Å²) in [7, 11) is 1.60. The molecule has 8 nitrogen and oxygen atoms in total. The molecule has 0 radical (unpaired) electrons.